The van der Waals surface area contributed by atoms with Gasteiger partial charge in [0.05, 0.1) is 5.41 Å². The van der Waals surface area contributed by atoms with Crippen LogP contribution in [0.1, 0.15) is 39.5 Å². The van der Waals surface area contributed by atoms with Gasteiger partial charge in [-0.3, -0.25) is 4.79 Å². The van der Waals surface area contributed by atoms with Gasteiger partial charge >= 0.3 is 0 Å². The van der Waals surface area contributed by atoms with Crippen LogP contribution in [-0.4, -0.2) is 25.5 Å². The van der Waals surface area contributed by atoms with Crippen LogP contribution >= 0.6 is 0 Å². The highest BCUT2D eigenvalue weighted by Gasteiger charge is 2.40. The van der Waals surface area contributed by atoms with E-state index in [-0.39, 0.29) is 11.3 Å². The maximum atomic E-state index is 11.6. The van der Waals surface area contributed by atoms with Crippen molar-refractivity contribution in [2.75, 3.05) is 13.6 Å². The molecule has 2 rings (SSSR count). The van der Waals surface area contributed by atoms with Crippen molar-refractivity contribution in [2.45, 2.75) is 45.6 Å². The molecule has 16 heavy (non-hydrogen) atoms. The van der Waals surface area contributed by atoms with E-state index in [1.54, 1.807) is 7.05 Å². The molecule has 2 bridgehead atoms. The van der Waals surface area contributed by atoms with Crippen LogP contribution in [0, 0.1) is 17.3 Å². The minimum Gasteiger partial charge on any atom is -0.359 e. The molecule has 0 aromatic carbocycles. The first-order chi connectivity index (χ1) is 7.53. The summed E-state index contributed by atoms with van der Waals surface area (Å²) in [6, 6.07) is 0.669. The second-order valence-corrected chi connectivity index (χ2v) is 6.13. The minimum atomic E-state index is -0.295. The van der Waals surface area contributed by atoms with E-state index < -0.39 is 0 Å². The van der Waals surface area contributed by atoms with Crippen LogP contribution in [0.2, 0.25) is 0 Å². The lowest BCUT2D eigenvalue weighted by Crippen LogP contribution is -2.46. The third-order valence-corrected chi connectivity index (χ3v) is 4.39. The highest BCUT2D eigenvalue weighted by atomic mass is 16.2. The van der Waals surface area contributed by atoms with E-state index >= 15 is 0 Å². The summed E-state index contributed by atoms with van der Waals surface area (Å²) < 4.78 is 0. The summed E-state index contributed by atoms with van der Waals surface area (Å²) in [5.41, 5.74) is -0.295. The molecule has 3 heteroatoms. The first-order valence-electron chi connectivity index (χ1n) is 6.48. The summed E-state index contributed by atoms with van der Waals surface area (Å²) in [6.45, 7) is 4.80. The molecule has 2 N–H and O–H groups in total. The Morgan fingerprint density at radius 3 is 2.56 bits per heavy atom. The SMILES string of the molecule is CNC(=O)C(C)(C)CNC1CC2CCC1C2. The largest absolute Gasteiger partial charge is 0.359 e. The first-order valence-corrected chi connectivity index (χ1v) is 6.48. The highest BCUT2D eigenvalue weighted by Crippen LogP contribution is 2.44. The van der Waals surface area contributed by atoms with Gasteiger partial charge in [0.25, 0.3) is 0 Å². The fraction of sp³-hybridized carbons (Fsp3) is 0.923. The molecule has 2 fully saturated rings. The molecule has 2 saturated carbocycles. The maximum absolute atomic E-state index is 11.6. The lowest BCUT2D eigenvalue weighted by atomic mass is 9.90. The van der Waals surface area contributed by atoms with Crippen LogP contribution in [0.4, 0.5) is 0 Å². The Bertz CT molecular complexity index is 275. The van der Waals surface area contributed by atoms with Crippen LogP contribution in [0.15, 0.2) is 0 Å². The summed E-state index contributed by atoms with van der Waals surface area (Å²) in [4.78, 5) is 11.6. The van der Waals surface area contributed by atoms with Crippen molar-refractivity contribution < 1.29 is 4.79 Å². The van der Waals surface area contributed by atoms with Crippen LogP contribution in [-0.2, 0) is 4.79 Å². The molecule has 3 unspecified atom stereocenters. The van der Waals surface area contributed by atoms with Gasteiger partial charge in [0.1, 0.15) is 0 Å². The van der Waals surface area contributed by atoms with E-state index in [0.717, 1.165) is 18.4 Å². The quantitative estimate of drug-likeness (QED) is 0.760. The van der Waals surface area contributed by atoms with Crippen molar-refractivity contribution in [2.24, 2.45) is 17.3 Å². The zero-order valence-electron chi connectivity index (χ0n) is 10.7. The highest BCUT2D eigenvalue weighted by molar-refractivity contribution is 5.81. The Labute approximate surface area is 98.4 Å². The normalized spacial score (nSPS) is 33.1. The van der Waals surface area contributed by atoms with Gasteiger partial charge in [0.15, 0.2) is 0 Å². The molecule has 0 heterocycles. The Hall–Kier alpha value is -0.570. The molecule has 0 aromatic heterocycles. The Balaban J connectivity index is 1.81. The monoisotopic (exact) mass is 224 g/mol. The predicted octanol–water partition coefficient (Wildman–Crippen LogP) is 1.54. The van der Waals surface area contributed by atoms with E-state index in [2.05, 4.69) is 10.6 Å². The van der Waals surface area contributed by atoms with E-state index in [0.29, 0.717) is 6.04 Å². The number of carbonyl (C=O) groups is 1. The zero-order valence-corrected chi connectivity index (χ0v) is 10.7. The van der Waals surface area contributed by atoms with Crippen molar-refractivity contribution in [1.29, 1.82) is 0 Å². The number of rotatable bonds is 4. The van der Waals surface area contributed by atoms with Gasteiger partial charge in [-0.2, -0.15) is 0 Å². The molecule has 0 spiro atoms. The molecule has 0 saturated heterocycles. The zero-order chi connectivity index (χ0) is 11.8. The molecule has 2 aliphatic carbocycles. The number of hydrogen-bond acceptors (Lipinski definition) is 2. The van der Waals surface area contributed by atoms with Gasteiger partial charge in [-0.15, -0.1) is 0 Å². The molecule has 3 atom stereocenters. The second-order valence-electron chi connectivity index (χ2n) is 6.13. The molecule has 0 aliphatic heterocycles. The minimum absolute atomic E-state index is 0.128. The summed E-state index contributed by atoms with van der Waals surface area (Å²) in [5, 5.41) is 6.34. The van der Waals surface area contributed by atoms with Crippen molar-refractivity contribution in [1.82, 2.24) is 10.6 Å². The molecule has 2 aliphatic rings. The molecule has 3 nitrogen and oxygen atoms in total. The Kier molecular flexibility index (Phi) is 3.24. The van der Waals surface area contributed by atoms with Gasteiger partial charge in [-0.25, -0.2) is 0 Å². The van der Waals surface area contributed by atoms with Gasteiger partial charge in [-0.05, 0) is 44.9 Å². The number of hydrogen-bond donors (Lipinski definition) is 2. The van der Waals surface area contributed by atoms with Crippen molar-refractivity contribution in [3.05, 3.63) is 0 Å². The number of nitrogens with one attached hydrogen (secondary N) is 2. The fourth-order valence-corrected chi connectivity index (χ4v) is 3.30. The average Bonchev–Trinajstić information content (AvgIpc) is 2.86. The molecule has 0 aromatic rings. The van der Waals surface area contributed by atoms with Crippen LogP contribution < -0.4 is 10.6 Å². The van der Waals surface area contributed by atoms with Crippen molar-refractivity contribution >= 4 is 5.91 Å². The number of fused-ring (bicyclic) bond motifs is 2. The van der Waals surface area contributed by atoms with Crippen LogP contribution in [0.5, 0.6) is 0 Å². The van der Waals surface area contributed by atoms with Crippen LogP contribution in [0.25, 0.3) is 0 Å². The average molecular weight is 224 g/mol. The lowest BCUT2D eigenvalue weighted by molar-refractivity contribution is -0.128. The lowest BCUT2D eigenvalue weighted by Gasteiger charge is -2.29. The third-order valence-electron chi connectivity index (χ3n) is 4.39. The smallest absolute Gasteiger partial charge is 0.226 e. The topological polar surface area (TPSA) is 41.1 Å². The summed E-state index contributed by atoms with van der Waals surface area (Å²) in [5.74, 6) is 1.97. The predicted molar refractivity (Wildman–Crippen MR) is 65.1 cm³/mol. The van der Waals surface area contributed by atoms with Gasteiger partial charge in [0.2, 0.25) is 5.91 Å². The summed E-state index contributed by atoms with van der Waals surface area (Å²) >= 11 is 0. The maximum Gasteiger partial charge on any atom is 0.226 e. The standard InChI is InChI=1S/C13H24N2O/c1-13(2,12(16)14-3)8-15-11-7-9-4-5-10(11)6-9/h9-11,15H,4-8H2,1-3H3,(H,14,16). The first kappa shape index (κ1) is 11.9. The van der Waals surface area contributed by atoms with Crippen LogP contribution in [0.3, 0.4) is 0 Å². The number of carbonyl (C=O) groups excluding carboxylic acids is 1. The molecule has 1 amide bonds. The Morgan fingerprint density at radius 1 is 1.31 bits per heavy atom. The van der Waals surface area contributed by atoms with Crippen molar-refractivity contribution in [3.8, 4) is 0 Å². The summed E-state index contributed by atoms with van der Waals surface area (Å²) in [6.07, 6.45) is 5.57. The molecule has 92 valence electrons. The second kappa shape index (κ2) is 4.36. The molecule has 0 radical (unpaired) electrons. The van der Waals surface area contributed by atoms with E-state index in [1.165, 1.54) is 25.7 Å². The van der Waals surface area contributed by atoms with E-state index in [9.17, 15) is 4.79 Å². The molecular formula is C13H24N2O. The van der Waals surface area contributed by atoms with Gasteiger partial charge in [0, 0.05) is 19.6 Å². The summed E-state index contributed by atoms with van der Waals surface area (Å²) in [7, 11) is 1.71. The Morgan fingerprint density at radius 2 is 2.06 bits per heavy atom. The molecular weight excluding hydrogens is 200 g/mol. The van der Waals surface area contributed by atoms with Crippen molar-refractivity contribution in [3.63, 3.8) is 0 Å². The van der Waals surface area contributed by atoms with E-state index in [4.69, 9.17) is 0 Å². The third kappa shape index (κ3) is 2.24. The van der Waals surface area contributed by atoms with E-state index in [1.807, 2.05) is 13.8 Å². The van der Waals surface area contributed by atoms with Gasteiger partial charge < -0.3 is 10.6 Å². The number of amides is 1. The van der Waals surface area contributed by atoms with Gasteiger partial charge in [-0.1, -0.05) is 6.42 Å². The fourth-order valence-electron chi connectivity index (χ4n) is 3.30.